The fourth-order valence-corrected chi connectivity index (χ4v) is 2.13. The van der Waals surface area contributed by atoms with E-state index >= 15 is 0 Å². The van der Waals surface area contributed by atoms with Crippen LogP contribution in [-0.4, -0.2) is 29.3 Å². The Kier molecular flexibility index (Phi) is 4.73. The number of hydrogen-bond acceptors (Lipinski definition) is 3. The van der Waals surface area contributed by atoms with Gasteiger partial charge in [-0.1, -0.05) is 12.1 Å². The number of benzene rings is 1. The average molecular weight is 247 g/mol. The Morgan fingerprint density at radius 2 is 2.17 bits per heavy atom. The first-order valence-corrected chi connectivity index (χ1v) is 6.58. The van der Waals surface area contributed by atoms with Crippen molar-refractivity contribution in [2.45, 2.75) is 26.3 Å². The summed E-state index contributed by atoms with van der Waals surface area (Å²) < 4.78 is 7.69. The molecule has 2 N–H and O–H groups in total. The summed E-state index contributed by atoms with van der Waals surface area (Å²) >= 11 is 0. The van der Waals surface area contributed by atoms with Gasteiger partial charge in [-0.2, -0.15) is 0 Å². The van der Waals surface area contributed by atoms with Gasteiger partial charge in [-0.25, -0.2) is 4.98 Å². The quantitative estimate of drug-likeness (QED) is 0.761. The van der Waals surface area contributed by atoms with Gasteiger partial charge in [0.15, 0.2) is 0 Å². The van der Waals surface area contributed by atoms with Crippen LogP contribution in [-0.2, 0) is 17.7 Å². The first-order valence-electron chi connectivity index (χ1n) is 6.58. The Balaban J connectivity index is 2.25. The number of fused-ring (bicyclic) bond motifs is 1. The minimum absolute atomic E-state index is 0.703. The molecule has 0 aliphatic heterocycles. The van der Waals surface area contributed by atoms with Gasteiger partial charge < -0.3 is 15.0 Å². The molecule has 18 heavy (non-hydrogen) atoms. The molecule has 0 bridgehead atoms. The van der Waals surface area contributed by atoms with Gasteiger partial charge in [-0.3, -0.25) is 0 Å². The topological polar surface area (TPSA) is 53.1 Å². The number of aromatic nitrogens is 2. The molecule has 0 radical (unpaired) electrons. The van der Waals surface area contributed by atoms with Crippen LogP contribution < -0.4 is 5.73 Å². The van der Waals surface area contributed by atoms with E-state index in [9.17, 15) is 0 Å². The zero-order chi connectivity index (χ0) is 12.8. The lowest BCUT2D eigenvalue weighted by Gasteiger charge is -2.08. The molecule has 0 aliphatic rings. The van der Waals surface area contributed by atoms with E-state index in [1.165, 1.54) is 5.52 Å². The Labute approximate surface area is 108 Å². The molecule has 0 aliphatic carbocycles. The molecule has 1 heterocycles. The monoisotopic (exact) mass is 247 g/mol. The van der Waals surface area contributed by atoms with Crippen molar-refractivity contribution in [1.29, 1.82) is 0 Å². The molecule has 1 aromatic carbocycles. The average Bonchev–Trinajstić information content (AvgIpc) is 2.75. The highest BCUT2D eigenvalue weighted by Gasteiger charge is 2.09. The summed E-state index contributed by atoms with van der Waals surface area (Å²) in [5, 5.41) is 0. The summed E-state index contributed by atoms with van der Waals surface area (Å²) in [7, 11) is 0. The minimum atomic E-state index is 0.703. The van der Waals surface area contributed by atoms with E-state index < -0.39 is 0 Å². The Morgan fingerprint density at radius 3 is 2.94 bits per heavy atom. The van der Waals surface area contributed by atoms with E-state index in [0.717, 1.165) is 43.9 Å². The molecule has 0 fully saturated rings. The van der Waals surface area contributed by atoms with Gasteiger partial charge >= 0.3 is 0 Å². The van der Waals surface area contributed by atoms with Gasteiger partial charge in [0.05, 0.1) is 17.6 Å². The van der Waals surface area contributed by atoms with Crippen molar-refractivity contribution < 1.29 is 4.74 Å². The Hall–Kier alpha value is -1.39. The van der Waals surface area contributed by atoms with Crippen molar-refractivity contribution in [2.75, 3.05) is 19.8 Å². The van der Waals surface area contributed by atoms with Crippen LogP contribution in [0.5, 0.6) is 0 Å². The highest BCUT2D eigenvalue weighted by atomic mass is 16.5. The highest BCUT2D eigenvalue weighted by Crippen LogP contribution is 2.16. The lowest BCUT2D eigenvalue weighted by molar-refractivity contribution is 0.139. The molecular weight excluding hydrogens is 226 g/mol. The molecule has 98 valence electrons. The van der Waals surface area contributed by atoms with Crippen molar-refractivity contribution >= 4 is 11.0 Å². The SMILES string of the molecule is CCOCCn1c(CCCN)nc2ccccc21. The summed E-state index contributed by atoms with van der Waals surface area (Å²) in [5.41, 5.74) is 7.82. The number of hydrogen-bond donors (Lipinski definition) is 1. The van der Waals surface area contributed by atoms with Crippen LogP contribution in [0.1, 0.15) is 19.2 Å². The summed E-state index contributed by atoms with van der Waals surface area (Å²) in [6.07, 6.45) is 1.90. The molecule has 0 atom stereocenters. The molecule has 2 rings (SSSR count). The first-order chi connectivity index (χ1) is 8.86. The highest BCUT2D eigenvalue weighted by molar-refractivity contribution is 5.75. The zero-order valence-electron chi connectivity index (χ0n) is 10.9. The summed E-state index contributed by atoms with van der Waals surface area (Å²) in [6, 6.07) is 8.24. The smallest absolute Gasteiger partial charge is 0.109 e. The van der Waals surface area contributed by atoms with E-state index in [2.05, 4.69) is 21.7 Å². The maximum Gasteiger partial charge on any atom is 0.109 e. The van der Waals surface area contributed by atoms with E-state index in [1.54, 1.807) is 0 Å². The van der Waals surface area contributed by atoms with Crippen LogP contribution >= 0.6 is 0 Å². The van der Waals surface area contributed by atoms with Crippen molar-refractivity contribution in [3.8, 4) is 0 Å². The lowest BCUT2D eigenvalue weighted by Crippen LogP contribution is -2.11. The summed E-state index contributed by atoms with van der Waals surface area (Å²) in [5.74, 6) is 1.11. The number of imidazole rings is 1. The van der Waals surface area contributed by atoms with Gasteiger partial charge in [0.25, 0.3) is 0 Å². The molecule has 0 saturated carbocycles. The minimum Gasteiger partial charge on any atom is -0.380 e. The van der Waals surface area contributed by atoms with E-state index in [-0.39, 0.29) is 0 Å². The van der Waals surface area contributed by atoms with Gasteiger partial charge in [0.1, 0.15) is 5.82 Å². The first kappa shape index (κ1) is 13.1. The number of para-hydroxylation sites is 2. The second kappa shape index (κ2) is 6.52. The predicted molar refractivity (Wildman–Crippen MR) is 73.6 cm³/mol. The molecule has 1 aromatic heterocycles. The van der Waals surface area contributed by atoms with Crippen LogP contribution in [0.4, 0.5) is 0 Å². The van der Waals surface area contributed by atoms with Crippen LogP contribution in [0.2, 0.25) is 0 Å². The third-order valence-electron chi connectivity index (χ3n) is 3.00. The molecule has 4 nitrogen and oxygen atoms in total. The molecule has 0 spiro atoms. The van der Waals surface area contributed by atoms with Crippen molar-refractivity contribution in [3.05, 3.63) is 30.1 Å². The number of nitrogens with two attached hydrogens (primary N) is 1. The molecule has 4 heteroatoms. The fourth-order valence-electron chi connectivity index (χ4n) is 2.13. The van der Waals surface area contributed by atoms with Crippen LogP contribution in [0.15, 0.2) is 24.3 Å². The molecule has 0 saturated heterocycles. The third-order valence-corrected chi connectivity index (χ3v) is 3.00. The van der Waals surface area contributed by atoms with Gasteiger partial charge in [-0.15, -0.1) is 0 Å². The van der Waals surface area contributed by atoms with Crippen LogP contribution in [0.3, 0.4) is 0 Å². The summed E-state index contributed by atoms with van der Waals surface area (Å²) in [4.78, 5) is 4.68. The molecular formula is C14H21N3O. The largest absolute Gasteiger partial charge is 0.380 e. The molecule has 0 unspecified atom stereocenters. The van der Waals surface area contributed by atoms with E-state index in [4.69, 9.17) is 10.5 Å². The van der Waals surface area contributed by atoms with E-state index in [1.807, 2.05) is 19.1 Å². The van der Waals surface area contributed by atoms with Gasteiger partial charge in [0, 0.05) is 19.6 Å². The van der Waals surface area contributed by atoms with E-state index in [0.29, 0.717) is 6.54 Å². The number of rotatable bonds is 7. The number of nitrogens with zero attached hydrogens (tertiary/aromatic N) is 2. The Morgan fingerprint density at radius 1 is 1.33 bits per heavy atom. The number of ether oxygens (including phenoxy) is 1. The third kappa shape index (κ3) is 2.89. The van der Waals surface area contributed by atoms with Gasteiger partial charge in [0.2, 0.25) is 0 Å². The molecule has 2 aromatic rings. The van der Waals surface area contributed by atoms with Crippen molar-refractivity contribution in [1.82, 2.24) is 9.55 Å². The normalized spacial score (nSPS) is 11.2. The number of aryl methyl sites for hydroxylation is 1. The summed E-state index contributed by atoms with van der Waals surface area (Å²) in [6.45, 7) is 5.06. The van der Waals surface area contributed by atoms with Crippen molar-refractivity contribution in [2.24, 2.45) is 5.73 Å². The standard InChI is InChI=1S/C14H21N3O/c1-2-18-11-10-17-13-7-4-3-6-12(13)16-14(17)8-5-9-15/h3-4,6-7H,2,5,8-11,15H2,1H3. The zero-order valence-corrected chi connectivity index (χ0v) is 10.9. The predicted octanol–water partition coefficient (Wildman–Crippen LogP) is 1.96. The van der Waals surface area contributed by atoms with Crippen LogP contribution in [0, 0.1) is 0 Å². The van der Waals surface area contributed by atoms with Crippen LogP contribution in [0.25, 0.3) is 11.0 Å². The molecule has 0 amide bonds. The maximum absolute atomic E-state index is 5.58. The second-order valence-electron chi connectivity index (χ2n) is 4.26. The van der Waals surface area contributed by atoms with Gasteiger partial charge in [-0.05, 0) is 32.0 Å². The lowest BCUT2D eigenvalue weighted by atomic mass is 10.3. The maximum atomic E-state index is 5.58. The van der Waals surface area contributed by atoms with Crippen molar-refractivity contribution in [3.63, 3.8) is 0 Å². The fraction of sp³-hybridized carbons (Fsp3) is 0.500. The second-order valence-corrected chi connectivity index (χ2v) is 4.26. The Bertz CT molecular complexity index is 493.